The van der Waals surface area contributed by atoms with E-state index in [1.807, 2.05) is 25.7 Å². The van der Waals surface area contributed by atoms with Gasteiger partial charge in [-0.3, -0.25) is 4.99 Å². The Hall–Kier alpha value is -1.76. The van der Waals surface area contributed by atoms with Crippen LogP contribution in [-0.2, 0) is 11.3 Å². The molecule has 2 rings (SSSR count). The summed E-state index contributed by atoms with van der Waals surface area (Å²) in [6.45, 7) is 7.67. The lowest BCUT2D eigenvalue weighted by molar-refractivity contribution is 0.0238. The minimum Gasteiger partial charge on any atom is -0.444 e. The largest absolute Gasteiger partial charge is 0.444 e. The quantitative estimate of drug-likeness (QED) is 0.610. The molecule has 1 heterocycles. The Morgan fingerprint density at radius 1 is 1.42 bits per heavy atom. The van der Waals surface area contributed by atoms with Gasteiger partial charge in [-0.1, -0.05) is 0 Å². The number of hydrogen-bond acceptors (Lipinski definition) is 4. The van der Waals surface area contributed by atoms with E-state index in [4.69, 9.17) is 4.74 Å². The number of nitrogens with zero attached hydrogens (tertiary/aromatic N) is 2. The predicted molar refractivity (Wildman–Crippen MR) is 98.5 cm³/mol. The van der Waals surface area contributed by atoms with Gasteiger partial charge in [0.25, 0.3) is 0 Å². The molecular formula is C17H28N4O2S. The van der Waals surface area contributed by atoms with E-state index < -0.39 is 5.60 Å². The van der Waals surface area contributed by atoms with E-state index in [0.29, 0.717) is 19.1 Å². The number of rotatable bonds is 6. The van der Waals surface area contributed by atoms with Crippen LogP contribution in [0.15, 0.2) is 21.8 Å². The van der Waals surface area contributed by atoms with E-state index in [1.165, 1.54) is 5.56 Å². The van der Waals surface area contributed by atoms with Crippen molar-refractivity contribution in [3.05, 3.63) is 22.4 Å². The van der Waals surface area contributed by atoms with E-state index in [2.05, 4.69) is 32.5 Å². The molecule has 0 aliphatic heterocycles. The Morgan fingerprint density at radius 3 is 2.71 bits per heavy atom. The Morgan fingerprint density at radius 2 is 2.17 bits per heavy atom. The van der Waals surface area contributed by atoms with Crippen LogP contribution < -0.4 is 10.6 Å². The molecule has 1 amide bonds. The summed E-state index contributed by atoms with van der Waals surface area (Å²) in [6, 6.07) is 2.41. The van der Waals surface area contributed by atoms with Gasteiger partial charge in [0.15, 0.2) is 5.96 Å². The van der Waals surface area contributed by atoms with Crippen LogP contribution in [0.3, 0.4) is 0 Å². The number of thiophene rings is 1. The van der Waals surface area contributed by atoms with E-state index in [0.717, 1.165) is 25.3 Å². The fourth-order valence-corrected chi connectivity index (χ4v) is 2.89. The lowest BCUT2D eigenvalue weighted by atomic mass is 10.2. The molecule has 0 unspecified atom stereocenters. The molecule has 0 bridgehead atoms. The van der Waals surface area contributed by atoms with Crippen molar-refractivity contribution < 1.29 is 9.53 Å². The van der Waals surface area contributed by atoms with E-state index >= 15 is 0 Å². The molecule has 1 aliphatic carbocycles. The highest BCUT2D eigenvalue weighted by Crippen LogP contribution is 2.27. The first-order valence-electron chi connectivity index (χ1n) is 8.34. The van der Waals surface area contributed by atoms with Gasteiger partial charge in [-0.15, -0.1) is 0 Å². The highest BCUT2D eigenvalue weighted by atomic mass is 32.1. The smallest absolute Gasteiger partial charge is 0.410 e. The minimum absolute atomic E-state index is 0.229. The molecule has 1 aromatic rings. The van der Waals surface area contributed by atoms with Crippen molar-refractivity contribution in [1.82, 2.24) is 15.5 Å². The molecule has 0 spiro atoms. The Labute approximate surface area is 148 Å². The maximum Gasteiger partial charge on any atom is 0.410 e. The topological polar surface area (TPSA) is 66.0 Å². The molecule has 134 valence electrons. The van der Waals surface area contributed by atoms with Crippen LogP contribution in [0, 0.1) is 0 Å². The van der Waals surface area contributed by atoms with Crippen LogP contribution >= 0.6 is 11.3 Å². The average Bonchev–Trinajstić information content (AvgIpc) is 3.19. The minimum atomic E-state index is -0.463. The first kappa shape index (κ1) is 18.6. The van der Waals surface area contributed by atoms with Gasteiger partial charge in [-0.25, -0.2) is 4.79 Å². The second-order valence-corrected chi connectivity index (χ2v) is 7.67. The molecule has 0 atom stereocenters. The standard InChI is InChI=1S/C17H28N4O2S/c1-17(2,3)23-16(22)21(14-5-6-14)9-8-19-15(18-4)20-11-13-7-10-24-12-13/h7,10,12,14H,5-6,8-9,11H2,1-4H3,(H2,18,19,20). The van der Waals surface area contributed by atoms with Gasteiger partial charge in [0.05, 0.1) is 0 Å². The number of ether oxygens (including phenoxy) is 1. The normalized spacial score (nSPS) is 15.1. The fraction of sp³-hybridized carbons (Fsp3) is 0.647. The Kier molecular flexibility index (Phi) is 6.48. The SMILES string of the molecule is CN=C(NCCN(C(=O)OC(C)(C)C)C1CC1)NCc1ccsc1. The molecule has 2 N–H and O–H groups in total. The summed E-state index contributed by atoms with van der Waals surface area (Å²) in [5, 5.41) is 10.7. The van der Waals surface area contributed by atoms with Gasteiger partial charge >= 0.3 is 6.09 Å². The van der Waals surface area contributed by atoms with Crippen LogP contribution in [-0.4, -0.2) is 48.7 Å². The van der Waals surface area contributed by atoms with Gasteiger partial charge in [0, 0.05) is 32.7 Å². The summed E-state index contributed by atoms with van der Waals surface area (Å²) in [7, 11) is 1.75. The maximum atomic E-state index is 12.3. The summed E-state index contributed by atoms with van der Waals surface area (Å²) < 4.78 is 5.50. The van der Waals surface area contributed by atoms with Crippen LogP contribution in [0.25, 0.3) is 0 Å². The second kappa shape index (κ2) is 8.37. The number of guanidine groups is 1. The molecule has 1 fully saturated rings. The molecule has 0 saturated heterocycles. The lowest BCUT2D eigenvalue weighted by Gasteiger charge is -2.27. The number of carbonyl (C=O) groups is 1. The van der Waals surface area contributed by atoms with Crippen molar-refractivity contribution in [3.8, 4) is 0 Å². The summed E-state index contributed by atoms with van der Waals surface area (Å²) in [6.07, 6.45) is 1.89. The summed E-state index contributed by atoms with van der Waals surface area (Å²) in [5.41, 5.74) is 0.770. The Bertz CT molecular complexity index is 547. The molecule has 0 radical (unpaired) electrons. The number of nitrogens with one attached hydrogen (secondary N) is 2. The van der Waals surface area contributed by atoms with E-state index in [9.17, 15) is 4.79 Å². The van der Waals surface area contributed by atoms with Crippen molar-refractivity contribution in [2.24, 2.45) is 4.99 Å². The number of amides is 1. The van der Waals surface area contributed by atoms with Crippen molar-refractivity contribution in [1.29, 1.82) is 0 Å². The average molecular weight is 353 g/mol. The summed E-state index contributed by atoms with van der Waals surface area (Å²) >= 11 is 1.68. The van der Waals surface area contributed by atoms with Crippen LogP contribution in [0.5, 0.6) is 0 Å². The number of aliphatic imine (C=N–C) groups is 1. The van der Waals surface area contributed by atoms with Crippen LogP contribution in [0.4, 0.5) is 4.79 Å². The van der Waals surface area contributed by atoms with E-state index in [1.54, 1.807) is 18.4 Å². The zero-order valence-corrected chi connectivity index (χ0v) is 15.8. The Balaban J connectivity index is 1.76. The molecule has 1 aromatic heterocycles. The highest BCUT2D eigenvalue weighted by Gasteiger charge is 2.34. The molecule has 1 aliphatic rings. The van der Waals surface area contributed by atoms with Crippen molar-refractivity contribution in [2.75, 3.05) is 20.1 Å². The van der Waals surface area contributed by atoms with Gasteiger partial charge in [-0.2, -0.15) is 11.3 Å². The first-order valence-corrected chi connectivity index (χ1v) is 9.28. The van der Waals surface area contributed by atoms with Gasteiger partial charge in [-0.05, 0) is 56.0 Å². The third kappa shape index (κ3) is 6.39. The summed E-state index contributed by atoms with van der Waals surface area (Å²) in [4.78, 5) is 18.3. The van der Waals surface area contributed by atoms with Gasteiger partial charge in [0.1, 0.15) is 5.60 Å². The van der Waals surface area contributed by atoms with Crippen LogP contribution in [0.2, 0.25) is 0 Å². The predicted octanol–water partition coefficient (Wildman–Crippen LogP) is 2.81. The lowest BCUT2D eigenvalue weighted by Crippen LogP contribution is -2.45. The van der Waals surface area contributed by atoms with Crippen molar-refractivity contribution >= 4 is 23.4 Å². The van der Waals surface area contributed by atoms with Gasteiger partial charge in [0.2, 0.25) is 0 Å². The molecule has 0 aromatic carbocycles. The number of hydrogen-bond donors (Lipinski definition) is 2. The second-order valence-electron chi connectivity index (χ2n) is 6.89. The fourth-order valence-electron chi connectivity index (χ4n) is 2.22. The maximum absolute atomic E-state index is 12.3. The first-order chi connectivity index (χ1) is 11.4. The molecule has 1 saturated carbocycles. The van der Waals surface area contributed by atoms with Crippen LogP contribution in [0.1, 0.15) is 39.2 Å². The zero-order chi connectivity index (χ0) is 17.6. The highest BCUT2D eigenvalue weighted by molar-refractivity contribution is 7.07. The van der Waals surface area contributed by atoms with E-state index in [-0.39, 0.29) is 6.09 Å². The summed E-state index contributed by atoms with van der Waals surface area (Å²) in [5.74, 6) is 0.737. The third-order valence-electron chi connectivity index (χ3n) is 3.52. The molecular weight excluding hydrogens is 324 g/mol. The monoisotopic (exact) mass is 352 g/mol. The van der Waals surface area contributed by atoms with Gasteiger partial charge < -0.3 is 20.3 Å². The van der Waals surface area contributed by atoms with Crippen molar-refractivity contribution in [2.45, 2.75) is 51.8 Å². The molecule has 24 heavy (non-hydrogen) atoms. The molecule has 7 heteroatoms. The third-order valence-corrected chi connectivity index (χ3v) is 4.26. The molecule has 6 nitrogen and oxygen atoms in total. The number of carbonyl (C=O) groups excluding carboxylic acids is 1. The van der Waals surface area contributed by atoms with Crippen molar-refractivity contribution in [3.63, 3.8) is 0 Å². The zero-order valence-electron chi connectivity index (χ0n) is 15.0.